The van der Waals surface area contributed by atoms with E-state index >= 15 is 0 Å². The van der Waals surface area contributed by atoms with Gasteiger partial charge in [0.2, 0.25) is 0 Å². The Morgan fingerprint density at radius 3 is 2.78 bits per heavy atom. The van der Waals surface area contributed by atoms with Gasteiger partial charge >= 0.3 is 0 Å². The highest BCUT2D eigenvalue weighted by atomic mass is 32.2. The van der Waals surface area contributed by atoms with E-state index in [1.165, 1.54) is 0 Å². The summed E-state index contributed by atoms with van der Waals surface area (Å²) in [5, 5.41) is 0. The molecular formula is C7H12OS. The van der Waals surface area contributed by atoms with Gasteiger partial charge in [-0.25, -0.2) is 0 Å². The number of hydrogen-bond donors (Lipinski definition) is 0. The maximum Gasteiger partial charge on any atom is 0.145 e. The fraction of sp³-hybridized carbons (Fsp3) is 0.571. The SMILES string of the molecule is CSCCC=C(C)C=O. The van der Waals surface area contributed by atoms with Crippen LogP contribution < -0.4 is 0 Å². The van der Waals surface area contributed by atoms with Crippen LogP contribution in [0.3, 0.4) is 0 Å². The van der Waals surface area contributed by atoms with Crippen LogP contribution in [0.4, 0.5) is 0 Å². The number of carbonyl (C=O) groups excluding carboxylic acids is 1. The van der Waals surface area contributed by atoms with Crippen LogP contribution in [0, 0.1) is 0 Å². The van der Waals surface area contributed by atoms with Crippen molar-refractivity contribution in [2.75, 3.05) is 12.0 Å². The quantitative estimate of drug-likeness (QED) is 0.340. The number of hydrogen-bond acceptors (Lipinski definition) is 2. The van der Waals surface area contributed by atoms with Gasteiger partial charge in [0.15, 0.2) is 0 Å². The number of aldehydes is 1. The van der Waals surface area contributed by atoms with Crippen LogP contribution in [0.2, 0.25) is 0 Å². The third-order valence-corrected chi connectivity index (χ3v) is 1.62. The van der Waals surface area contributed by atoms with E-state index in [4.69, 9.17) is 0 Å². The summed E-state index contributed by atoms with van der Waals surface area (Å²) in [7, 11) is 0. The monoisotopic (exact) mass is 144 g/mol. The van der Waals surface area contributed by atoms with Gasteiger partial charge in [0.25, 0.3) is 0 Å². The number of rotatable bonds is 4. The molecule has 0 heterocycles. The number of thioether (sulfide) groups is 1. The lowest BCUT2D eigenvalue weighted by atomic mass is 10.3. The van der Waals surface area contributed by atoms with Crippen molar-refractivity contribution in [2.24, 2.45) is 0 Å². The van der Waals surface area contributed by atoms with Crippen molar-refractivity contribution in [1.82, 2.24) is 0 Å². The minimum atomic E-state index is 0.837. The summed E-state index contributed by atoms with van der Waals surface area (Å²) in [6.07, 6.45) is 5.92. The molecule has 0 aromatic rings. The van der Waals surface area contributed by atoms with E-state index in [9.17, 15) is 4.79 Å². The van der Waals surface area contributed by atoms with Gasteiger partial charge in [0.05, 0.1) is 0 Å². The molecular weight excluding hydrogens is 132 g/mol. The first-order chi connectivity index (χ1) is 4.31. The molecule has 0 bridgehead atoms. The maximum atomic E-state index is 10.0. The third-order valence-electron chi connectivity index (χ3n) is 0.974. The van der Waals surface area contributed by atoms with Gasteiger partial charge in [-0.2, -0.15) is 11.8 Å². The van der Waals surface area contributed by atoms with Gasteiger partial charge in [0, 0.05) is 0 Å². The Hall–Kier alpha value is -0.240. The maximum absolute atomic E-state index is 10.0. The van der Waals surface area contributed by atoms with Gasteiger partial charge in [-0.1, -0.05) is 6.08 Å². The van der Waals surface area contributed by atoms with Crippen LogP contribution in [-0.4, -0.2) is 18.3 Å². The second-order valence-corrected chi connectivity index (χ2v) is 2.83. The molecule has 0 spiro atoms. The van der Waals surface area contributed by atoms with Crippen molar-refractivity contribution >= 4 is 18.0 Å². The van der Waals surface area contributed by atoms with Crippen molar-refractivity contribution in [2.45, 2.75) is 13.3 Å². The Balaban J connectivity index is 3.31. The van der Waals surface area contributed by atoms with E-state index in [0.29, 0.717) is 0 Å². The second kappa shape index (κ2) is 5.89. The van der Waals surface area contributed by atoms with E-state index in [1.54, 1.807) is 11.8 Å². The Bertz CT molecular complexity index is 107. The van der Waals surface area contributed by atoms with Crippen LogP contribution in [0.15, 0.2) is 11.6 Å². The fourth-order valence-corrected chi connectivity index (χ4v) is 0.806. The summed E-state index contributed by atoms with van der Waals surface area (Å²) in [5.41, 5.74) is 0.837. The van der Waals surface area contributed by atoms with Crippen LogP contribution in [0.5, 0.6) is 0 Å². The van der Waals surface area contributed by atoms with Gasteiger partial charge in [0.1, 0.15) is 6.29 Å². The first-order valence-corrected chi connectivity index (χ1v) is 4.31. The molecule has 0 saturated heterocycles. The van der Waals surface area contributed by atoms with E-state index < -0.39 is 0 Å². The Kier molecular flexibility index (Phi) is 5.73. The Morgan fingerprint density at radius 1 is 1.67 bits per heavy atom. The highest BCUT2D eigenvalue weighted by Gasteiger charge is 1.82. The zero-order valence-electron chi connectivity index (χ0n) is 5.89. The largest absolute Gasteiger partial charge is 0.298 e. The van der Waals surface area contributed by atoms with E-state index in [0.717, 1.165) is 24.0 Å². The molecule has 1 nitrogen and oxygen atoms in total. The summed E-state index contributed by atoms with van der Waals surface area (Å²) < 4.78 is 0. The van der Waals surface area contributed by atoms with Gasteiger partial charge in [-0.3, -0.25) is 4.79 Å². The van der Waals surface area contributed by atoms with Crippen molar-refractivity contribution in [3.63, 3.8) is 0 Å². The molecule has 9 heavy (non-hydrogen) atoms. The first kappa shape index (κ1) is 8.76. The summed E-state index contributed by atoms with van der Waals surface area (Å²) in [6, 6.07) is 0. The molecule has 0 aliphatic heterocycles. The average molecular weight is 144 g/mol. The van der Waals surface area contributed by atoms with Crippen LogP contribution in [0.25, 0.3) is 0 Å². The van der Waals surface area contributed by atoms with Crippen molar-refractivity contribution < 1.29 is 4.79 Å². The lowest BCUT2D eigenvalue weighted by Gasteiger charge is -1.88. The molecule has 0 amide bonds. The molecule has 0 rings (SSSR count). The normalized spacial score (nSPS) is 11.6. The Morgan fingerprint density at radius 2 is 2.33 bits per heavy atom. The molecule has 0 aliphatic carbocycles. The van der Waals surface area contributed by atoms with E-state index in [2.05, 4.69) is 6.26 Å². The summed E-state index contributed by atoms with van der Waals surface area (Å²) >= 11 is 1.79. The number of carbonyl (C=O) groups is 1. The summed E-state index contributed by atoms with van der Waals surface area (Å²) in [6.45, 7) is 1.83. The predicted molar refractivity (Wildman–Crippen MR) is 42.8 cm³/mol. The first-order valence-electron chi connectivity index (χ1n) is 2.92. The lowest BCUT2D eigenvalue weighted by molar-refractivity contribution is -0.104. The van der Waals surface area contributed by atoms with Crippen molar-refractivity contribution in [1.29, 1.82) is 0 Å². The van der Waals surface area contributed by atoms with Gasteiger partial charge < -0.3 is 0 Å². The lowest BCUT2D eigenvalue weighted by Crippen LogP contribution is -1.78. The van der Waals surface area contributed by atoms with Crippen LogP contribution in [0.1, 0.15) is 13.3 Å². The summed E-state index contributed by atoms with van der Waals surface area (Å²) in [5.74, 6) is 1.10. The molecule has 0 radical (unpaired) electrons. The summed E-state index contributed by atoms with van der Waals surface area (Å²) in [4.78, 5) is 10.0. The minimum Gasteiger partial charge on any atom is -0.298 e. The Labute approximate surface area is 60.5 Å². The van der Waals surface area contributed by atoms with E-state index in [1.807, 2.05) is 13.0 Å². The minimum absolute atomic E-state index is 0.837. The molecule has 0 unspecified atom stereocenters. The zero-order chi connectivity index (χ0) is 7.11. The molecule has 0 aromatic carbocycles. The molecule has 0 aliphatic rings. The predicted octanol–water partition coefficient (Wildman–Crippen LogP) is 1.88. The van der Waals surface area contributed by atoms with Crippen molar-refractivity contribution in [3.8, 4) is 0 Å². The highest BCUT2D eigenvalue weighted by Crippen LogP contribution is 1.98. The molecule has 0 aromatic heterocycles. The molecule has 52 valence electrons. The highest BCUT2D eigenvalue weighted by molar-refractivity contribution is 7.98. The molecule has 2 heteroatoms. The zero-order valence-corrected chi connectivity index (χ0v) is 6.70. The van der Waals surface area contributed by atoms with E-state index in [-0.39, 0.29) is 0 Å². The second-order valence-electron chi connectivity index (χ2n) is 1.85. The molecule has 0 atom stereocenters. The smallest absolute Gasteiger partial charge is 0.145 e. The third kappa shape index (κ3) is 5.63. The fourth-order valence-electron chi connectivity index (χ4n) is 0.453. The van der Waals surface area contributed by atoms with Crippen molar-refractivity contribution in [3.05, 3.63) is 11.6 Å². The van der Waals surface area contributed by atoms with Crippen LogP contribution >= 0.6 is 11.8 Å². The molecule has 0 N–H and O–H groups in total. The molecule has 0 fully saturated rings. The molecule has 0 saturated carbocycles. The standard InChI is InChI=1S/C7H12OS/c1-7(6-8)4-3-5-9-2/h4,6H,3,5H2,1-2H3. The van der Waals surface area contributed by atoms with Crippen LogP contribution in [-0.2, 0) is 4.79 Å². The average Bonchev–Trinajstić information content (AvgIpc) is 1.89. The van der Waals surface area contributed by atoms with Gasteiger partial charge in [-0.05, 0) is 30.9 Å². The number of allylic oxidation sites excluding steroid dienone is 2. The topological polar surface area (TPSA) is 17.1 Å². The van der Waals surface area contributed by atoms with Gasteiger partial charge in [-0.15, -0.1) is 0 Å².